The second kappa shape index (κ2) is 11.6. The van der Waals surface area contributed by atoms with Crippen LogP contribution >= 0.6 is 0 Å². The molecule has 9 nitrogen and oxygen atoms in total. The molecule has 1 saturated heterocycles. The second-order valence-corrected chi connectivity index (χ2v) is 10.1. The average molecular weight is 487 g/mol. The van der Waals surface area contributed by atoms with Crippen LogP contribution in [0.3, 0.4) is 0 Å². The summed E-state index contributed by atoms with van der Waals surface area (Å²) in [5, 5.41) is 3.91. The van der Waals surface area contributed by atoms with Crippen molar-refractivity contribution in [3.8, 4) is 5.75 Å². The standard InChI is InChI=1S/C24H30N4O5S/c1-19-7-6-8-21(15-19)28(34(2,31)32)17-23(29)26-25-16-20-9-11-22(12-10-20)33-18-24(30)27-13-4-3-5-14-27/h6-12,15-16H,3-5,13-14,17-18H2,1-2H3,(H,26,29)/b25-16-. The molecule has 0 saturated carbocycles. The summed E-state index contributed by atoms with van der Waals surface area (Å²) in [6, 6.07) is 13.8. The Morgan fingerprint density at radius 1 is 1.12 bits per heavy atom. The molecule has 10 heteroatoms. The summed E-state index contributed by atoms with van der Waals surface area (Å²) in [7, 11) is -3.65. The number of sulfonamides is 1. The van der Waals surface area contributed by atoms with Crippen LogP contribution in [0, 0.1) is 6.92 Å². The third-order valence-electron chi connectivity index (χ3n) is 5.33. The number of ether oxygens (including phenoxy) is 1. The number of rotatable bonds is 9. The van der Waals surface area contributed by atoms with Crippen LogP contribution in [0.25, 0.3) is 0 Å². The first-order valence-corrected chi connectivity index (χ1v) is 12.9. The zero-order valence-corrected chi connectivity index (χ0v) is 20.3. The number of carbonyl (C=O) groups excluding carboxylic acids is 2. The number of amides is 2. The lowest BCUT2D eigenvalue weighted by Gasteiger charge is -2.26. The fourth-order valence-electron chi connectivity index (χ4n) is 3.56. The van der Waals surface area contributed by atoms with E-state index in [0.717, 1.165) is 48.5 Å². The maximum atomic E-state index is 12.3. The van der Waals surface area contributed by atoms with Crippen molar-refractivity contribution in [3.05, 3.63) is 59.7 Å². The quantitative estimate of drug-likeness (QED) is 0.432. The Morgan fingerprint density at radius 2 is 1.82 bits per heavy atom. The van der Waals surface area contributed by atoms with Gasteiger partial charge in [-0.25, -0.2) is 13.8 Å². The normalized spacial score (nSPS) is 14.1. The van der Waals surface area contributed by atoms with E-state index in [1.807, 2.05) is 17.9 Å². The number of carbonyl (C=O) groups is 2. The van der Waals surface area contributed by atoms with Crippen LogP contribution in [0.5, 0.6) is 5.75 Å². The number of hydrazone groups is 1. The van der Waals surface area contributed by atoms with Crippen molar-refractivity contribution in [3.63, 3.8) is 0 Å². The van der Waals surface area contributed by atoms with Crippen molar-refractivity contribution in [1.29, 1.82) is 0 Å². The summed E-state index contributed by atoms with van der Waals surface area (Å²) < 4.78 is 30.9. The van der Waals surface area contributed by atoms with E-state index in [9.17, 15) is 18.0 Å². The largest absolute Gasteiger partial charge is 0.484 e. The second-order valence-electron chi connectivity index (χ2n) is 8.20. The Balaban J connectivity index is 1.50. The molecule has 1 aliphatic heterocycles. The summed E-state index contributed by atoms with van der Waals surface area (Å²) in [4.78, 5) is 26.3. The molecule has 2 aromatic carbocycles. The van der Waals surface area contributed by atoms with Crippen LogP contribution in [0.4, 0.5) is 5.69 Å². The van der Waals surface area contributed by atoms with Gasteiger partial charge in [-0.2, -0.15) is 5.10 Å². The number of hydrogen-bond acceptors (Lipinski definition) is 6. The lowest BCUT2D eigenvalue weighted by molar-refractivity contribution is -0.134. The molecule has 2 aromatic rings. The molecule has 2 amide bonds. The van der Waals surface area contributed by atoms with Crippen molar-refractivity contribution in [2.75, 3.05) is 36.8 Å². The van der Waals surface area contributed by atoms with Gasteiger partial charge in [0.25, 0.3) is 11.8 Å². The number of anilines is 1. The molecule has 182 valence electrons. The lowest BCUT2D eigenvalue weighted by atomic mass is 10.1. The van der Waals surface area contributed by atoms with E-state index in [1.54, 1.807) is 42.5 Å². The number of nitrogens with zero attached hydrogens (tertiary/aromatic N) is 3. The van der Waals surface area contributed by atoms with Crippen molar-refractivity contribution in [1.82, 2.24) is 10.3 Å². The fraction of sp³-hybridized carbons (Fsp3) is 0.375. The fourth-order valence-corrected chi connectivity index (χ4v) is 4.41. The van der Waals surface area contributed by atoms with Crippen LogP contribution in [-0.4, -0.2) is 63.8 Å². The Bertz CT molecular complexity index is 1130. The van der Waals surface area contributed by atoms with Gasteiger partial charge in [0.05, 0.1) is 18.2 Å². The van der Waals surface area contributed by atoms with Gasteiger partial charge >= 0.3 is 0 Å². The minimum Gasteiger partial charge on any atom is -0.484 e. The zero-order chi connectivity index (χ0) is 24.6. The molecule has 3 rings (SSSR count). The van der Waals surface area contributed by atoms with Crippen LogP contribution in [0.15, 0.2) is 53.6 Å². The molecular formula is C24H30N4O5S. The number of benzene rings is 2. The Morgan fingerprint density at radius 3 is 2.47 bits per heavy atom. The Labute approximate surface area is 200 Å². The zero-order valence-electron chi connectivity index (χ0n) is 19.4. The Hall–Kier alpha value is -3.40. The van der Waals surface area contributed by atoms with Crippen molar-refractivity contribution < 1.29 is 22.7 Å². The first kappa shape index (κ1) is 25.2. The molecule has 0 radical (unpaired) electrons. The minimum absolute atomic E-state index is 0.00126. The topological polar surface area (TPSA) is 108 Å². The molecule has 34 heavy (non-hydrogen) atoms. The summed E-state index contributed by atoms with van der Waals surface area (Å²) in [6.45, 7) is 3.03. The molecule has 1 aliphatic rings. The number of aryl methyl sites for hydroxylation is 1. The van der Waals surface area contributed by atoms with Crippen LogP contribution in [0.1, 0.15) is 30.4 Å². The minimum atomic E-state index is -3.65. The monoisotopic (exact) mass is 486 g/mol. The van der Waals surface area contributed by atoms with Crippen molar-refractivity contribution in [2.45, 2.75) is 26.2 Å². The first-order valence-electron chi connectivity index (χ1n) is 11.1. The van der Waals surface area contributed by atoms with Gasteiger partial charge in [0.2, 0.25) is 10.0 Å². The molecule has 0 bridgehead atoms. The predicted octanol–water partition coefficient (Wildman–Crippen LogP) is 2.30. The highest BCUT2D eigenvalue weighted by Crippen LogP contribution is 2.18. The molecule has 1 heterocycles. The van der Waals surface area contributed by atoms with E-state index in [2.05, 4.69) is 10.5 Å². The first-order chi connectivity index (χ1) is 16.2. The van der Waals surface area contributed by atoms with Gasteiger partial charge in [-0.3, -0.25) is 13.9 Å². The number of piperidine rings is 1. The van der Waals surface area contributed by atoms with Gasteiger partial charge in [-0.15, -0.1) is 0 Å². The van der Waals surface area contributed by atoms with Gasteiger partial charge in [-0.1, -0.05) is 12.1 Å². The van der Waals surface area contributed by atoms with E-state index in [0.29, 0.717) is 17.0 Å². The smallest absolute Gasteiger partial charge is 0.260 e. The maximum Gasteiger partial charge on any atom is 0.260 e. The lowest BCUT2D eigenvalue weighted by Crippen LogP contribution is -2.39. The summed E-state index contributed by atoms with van der Waals surface area (Å²) in [5.41, 5.74) is 4.35. The van der Waals surface area contributed by atoms with Crippen molar-refractivity contribution >= 4 is 33.7 Å². The highest BCUT2D eigenvalue weighted by Gasteiger charge is 2.21. The molecule has 0 aromatic heterocycles. The van der Waals surface area contributed by atoms with E-state index in [-0.39, 0.29) is 12.5 Å². The molecule has 0 atom stereocenters. The number of nitrogens with one attached hydrogen (secondary N) is 1. The van der Waals surface area contributed by atoms with Crippen LogP contribution < -0.4 is 14.5 Å². The van der Waals surface area contributed by atoms with Gasteiger partial charge in [0.15, 0.2) is 6.61 Å². The molecule has 0 spiro atoms. The summed E-state index contributed by atoms with van der Waals surface area (Å²) in [6.07, 6.45) is 5.73. The SMILES string of the molecule is Cc1cccc(N(CC(=O)N/N=C\c2ccc(OCC(=O)N3CCCCC3)cc2)S(C)(=O)=O)c1. The van der Waals surface area contributed by atoms with E-state index in [4.69, 9.17) is 4.74 Å². The molecule has 1 N–H and O–H groups in total. The van der Waals surface area contributed by atoms with Crippen molar-refractivity contribution in [2.24, 2.45) is 5.10 Å². The summed E-state index contributed by atoms with van der Waals surface area (Å²) >= 11 is 0. The van der Waals surface area contributed by atoms with E-state index >= 15 is 0 Å². The van der Waals surface area contributed by atoms with Crippen LogP contribution in [0.2, 0.25) is 0 Å². The predicted molar refractivity (Wildman–Crippen MR) is 131 cm³/mol. The van der Waals surface area contributed by atoms with E-state index in [1.165, 1.54) is 6.21 Å². The molecule has 1 fully saturated rings. The maximum absolute atomic E-state index is 12.3. The van der Waals surface area contributed by atoms with Gasteiger partial charge in [0.1, 0.15) is 12.3 Å². The van der Waals surface area contributed by atoms with Gasteiger partial charge < -0.3 is 9.64 Å². The van der Waals surface area contributed by atoms with Gasteiger partial charge in [0, 0.05) is 13.1 Å². The Kier molecular flexibility index (Phi) is 8.64. The number of likely N-dealkylation sites (tertiary alicyclic amines) is 1. The van der Waals surface area contributed by atoms with Gasteiger partial charge in [-0.05, 0) is 73.7 Å². The highest BCUT2D eigenvalue weighted by atomic mass is 32.2. The average Bonchev–Trinajstić information content (AvgIpc) is 2.81. The van der Waals surface area contributed by atoms with Crippen LogP contribution in [-0.2, 0) is 19.6 Å². The summed E-state index contributed by atoms with van der Waals surface area (Å²) in [5.74, 6) is -0.0188. The number of hydrogen-bond donors (Lipinski definition) is 1. The molecule has 0 aliphatic carbocycles. The third kappa shape index (κ3) is 7.58. The molecular weight excluding hydrogens is 456 g/mol. The highest BCUT2D eigenvalue weighted by molar-refractivity contribution is 7.92. The third-order valence-corrected chi connectivity index (χ3v) is 6.47. The molecule has 0 unspecified atom stereocenters. The van der Waals surface area contributed by atoms with E-state index < -0.39 is 22.5 Å².